The highest BCUT2D eigenvalue weighted by molar-refractivity contribution is 7.26. The van der Waals surface area contributed by atoms with Crippen LogP contribution in [0.25, 0.3) is 87.1 Å². The smallest absolute Gasteiger partial charge is 0.240 e. The lowest BCUT2D eigenvalue weighted by Crippen LogP contribution is -2.10. The summed E-state index contributed by atoms with van der Waals surface area (Å²) in [6.45, 7) is 0. The summed E-state index contributed by atoms with van der Waals surface area (Å²) in [5.41, 5.74) is 5.51. The number of rotatable bonds is 3. The van der Waals surface area contributed by atoms with Gasteiger partial charge in [0.2, 0.25) is 11.9 Å². The fraction of sp³-hybridized carbons (Fsp3) is 0. The van der Waals surface area contributed by atoms with E-state index in [0.717, 1.165) is 53.9 Å². The number of benzene rings is 6. The first-order valence-corrected chi connectivity index (χ1v) is 16.2. The summed E-state index contributed by atoms with van der Waals surface area (Å²) >= 11 is 1.76. The molecule has 0 aliphatic carbocycles. The third kappa shape index (κ3) is 3.73. The second-order valence-corrected chi connectivity index (χ2v) is 12.7. The number of hydrogen-bond acceptors (Lipinski definition) is 5. The summed E-state index contributed by atoms with van der Waals surface area (Å²) in [6.07, 6.45) is 0. The molecule has 0 aliphatic rings. The van der Waals surface area contributed by atoms with Gasteiger partial charge in [-0.15, -0.1) is 11.3 Å². The zero-order valence-electron chi connectivity index (χ0n) is 24.8. The molecule has 0 spiro atoms. The zero-order valence-corrected chi connectivity index (χ0v) is 25.6. The van der Waals surface area contributed by atoms with Gasteiger partial charge in [-0.3, -0.25) is 9.13 Å². The second-order valence-electron chi connectivity index (χ2n) is 11.6. The Labute approximate surface area is 272 Å². The summed E-state index contributed by atoms with van der Waals surface area (Å²) < 4.78 is 6.60. The van der Waals surface area contributed by atoms with Crippen LogP contribution in [0, 0.1) is 11.3 Å². The van der Waals surface area contributed by atoms with Crippen LogP contribution in [0.3, 0.4) is 0 Å². The molecule has 47 heavy (non-hydrogen) atoms. The summed E-state index contributed by atoms with van der Waals surface area (Å²) in [5, 5.41) is 16.4. The third-order valence-electron chi connectivity index (χ3n) is 9.04. The molecule has 0 aliphatic heterocycles. The third-order valence-corrected chi connectivity index (χ3v) is 10.3. The van der Waals surface area contributed by atoms with Gasteiger partial charge in [-0.25, -0.2) is 0 Å². The van der Waals surface area contributed by atoms with Gasteiger partial charge in [0.05, 0.1) is 33.7 Å². The van der Waals surface area contributed by atoms with E-state index in [4.69, 9.17) is 15.0 Å². The van der Waals surface area contributed by atoms with E-state index in [2.05, 4.69) is 118 Å². The van der Waals surface area contributed by atoms with Crippen LogP contribution in [-0.4, -0.2) is 24.1 Å². The van der Waals surface area contributed by atoms with E-state index in [0.29, 0.717) is 23.3 Å². The van der Waals surface area contributed by atoms with E-state index in [9.17, 15) is 5.26 Å². The molecule has 10 aromatic rings. The number of aromatic nitrogens is 5. The molecule has 4 aromatic heterocycles. The predicted molar refractivity (Wildman–Crippen MR) is 192 cm³/mol. The lowest BCUT2D eigenvalue weighted by atomic mass is 10.1. The van der Waals surface area contributed by atoms with Crippen molar-refractivity contribution in [1.82, 2.24) is 24.1 Å². The van der Waals surface area contributed by atoms with Crippen molar-refractivity contribution in [1.29, 1.82) is 5.26 Å². The van der Waals surface area contributed by atoms with Crippen LogP contribution >= 0.6 is 11.3 Å². The standard InChI is InChI=1S/C40H22N6S/c41-23-24-20-21-35-31(22-24)27-12-3-7-18-34(27)46(35)40-43-38(30-15-9-14-29-28-13-4-8-19-36(28)47-37(29)30)42-39(44-40)45-32-16-5-1-10-25(32)26-11-2-6-17-33(26)45/h1-22H. The summed E-state index contributed by atoms with van der Waals surface area (Å²) in [4.78, 5) is 15.8. The molecule has 7 heteroatoms. The summed E-state index contributed by atoms with van der Waals surface area (Å²) in [5.74, 6) is 1.66. The highest BCUT2D eigenvalue weighted by Gasteiger charge is 2.22. The molecule has 6 aromatic carbocycles. The molecule has 0 unspecified atom stereocenters. The minimum absolute atomic E-state index is 0.515. The number of hydrogen-bond donors (Lipinski definition) is 0. The largest absolute Gasteiger partial charge is 0.278 e. The van der Waals surface area contributed by atoms with Crippen molar-refractivity contribution in [3.8, 4) is 29.4 Å². The highest BCUT2D eigenvalue weighted by Crippen LogP contribution is 2.40. The number of nitriles is 1. The Morgan fingerprint density at radius 3 is 1.66 bits per heavy atom. The van der Waals surface area contributed by atoms with Crippen LogP contribution in [0.2, 0.25) is 0 Å². The van der Waals surface area contributed by atoms with Crippen molar-refractivity contribution < 1.29 is 0 Å². The van der Waals surface area contributed by atoms with E-state index in [1.807, 2.05) is 30.3 Å². The van der Waals surface area contributed by atoms with Crippen LogP contribution in [0.15, 0.2) is 133 Å². The molecule has 4 heterocycles. The topological polar surface area (TPSA) is 72.3 Å². The molecule has 0 radical (unpaired) electrons. The van der Waals surface area contributed by atoms with Gasteiger partial charge in [0.15, 0.2) is 5.82 Å². The van der Waals surface area contributed by atoms with Crippen LogP contribution in [0.1, 0.15) is 5.56 Å². The average Bonchev–Trinajstić information content (AvgIpc) is 3.79. The summed E-state index contributed by atoms with van der Waals surface area (Å²) in [6, 6.07) is 48.0. The molecule has 0 amide bonds. The van der Waals surface area contributed by atoms with Crippen molar-refractivity contribution in [2.24, 2.45) is 0 Å². The molecular formula is C40H22N6S. The van der Waals surface area contributed by atoms with Crippen molar-refractivity contribution in [2.75, 3.05) is 0 Å². The SMILES string of the molecule is N#Cc1ccc2c(c1)c1ccccc1n2-c1nc(-c2cccc3c2sc2ccccc23)nc(-n2c3ccccc3c3ccccc32)n1. The Hall–Kier alpha value is -6.36. The quantitative estimate of drug-likeness (QED) is 0.198. The van der Waals surface area contributed by atoms with Gasteiger partial charge in [-0.2, -0.15) is 20.2 Å². The first-order chi connectivity index (χ1) is 23.3. The molecular weight excluding hydrogens is 597 g/mol. The molecule has 0 bridgehead atoms. The van der Waals surface area contributed by atoms with Crippen molar-refractivity contribution in [2.45, 2.75) is 0 Å². The van der Waals surface area contributed by atoms with E-state index >= 15 is 0 Å². The van der Waals surface area contributed by atoms with Crippen LogP contribution < -0.4 is 0 Å². The van der Waals surface area contributed by atoms with Gasteiger partial charge in [-0.1, -0.05) is 84.9 Å². The lowest BCUT2D eigenvalue weighted by Gasteiger charge is -2.13. The molecule has 0 saturated heterocycles. The Balaban J connectivity index is 1.35. The van der Waals surface area contributed by atoms with Gasteiger partial charge in [0.1, 0.15) is 0 Å². The van der Waals surface area contributed by atoms with Gasteiger partial charge in [0.25, 0.3) is 0 Å². The predicted octanol–water partition coefficient (Wildman–Crippen LogP) is 9.97. The fourth-order valence-electron chi connectivity index (χ4n) is 6.99. The first kappa shape index (κ1) is 25.9. The molecule has 0 fully saturated rings. The average molecular weight is 619 g/mol. The molecule has 10 rings (SSSR count). The van der Waals surface area contributed by atoms with Crippen molar-refractivity contribution in [3.63, 3.8) is 0 Å². The number of thiophene rings is 1. The maximum absolute atomic E-state index is 9.72. The minimum Gasteiger partial charge on any atom is -0.278 e. The zero-order chi connectivity index (χ0) is 31.1. The Morgan fingerprint density at radius 2 is 1.02 bits per heavy atom. The van der Waals surface area contributed by atoms with Crippen LogP contribution in [0.4, 0.5) is 0 Å². The second kappa shape index (κ2) is 9.82. The molecule has 0 atom stereocenters. The molecule has 0 saturated carbocycles. The molecule has 6 nitrogen and oxygen atoms in total. The maximum atomic E-state index is 9.72. The first-order valence-electron chi connectivity index (χ1n) is 15.4. The Morgan fingerprint density at radius 1 is 0.489 bits per heavy atom. The van der Waals surface area contributed by atoms with E-state index < -0.39 is 0 Å². The Bertz CT molecular complexity index is 2890. The van der Waals surface area contributed by atoms with Gasteiger partial charge >= 0.3 is 0 Å². The molecule has 0 N–H and O–H groups in total. The van der Waals surface area contributed by atoms with Gasteiger partial charge < -0.3 is 0 Å². The number of para-hydroxylation sites is 3. The van der Waals surface area contributed by atoms with E-state index in [1.165, 1.54) is 15.5 Å². The van der Waals surface area contributed by atoms with E-state index in [1.54, 1.807) is 11.3 Å². The van der Waals surface area contributed by atoms with Gasteiger partial charge in [-0.05, 0) is 48.5 Å². The number of nitrogens with zero attached hydrogens (tertiary/aromatic N) is 6. The van der Waals surface area contributed by atoms with Crippen molar-refractivity contribution in [3.05, 3.63) is 139 Å². The number of fused-ring (bicyclic) bond motifs is 9. The maximum Gasteiger partial charge on any atom is 0.240 e. The van der Waals surface area contributed by atoms with Crippen LogP contribution in [0.5, 0.6) is 0 Å². The Kier molecular flexibility index (Phi) is 5.41. The van der Waals surface area contributed by atoms with Gasteiger partial charge in [0, 0.05) is 47.3 Å². The fourth-order valence-corrected chi connectivity index (χ4v) is 8.21. The highest BCUT2D eigenvalue weighted by atomic mass is 32.1. The summed E-state index contributed by atoms with van der Waals surface area (Å²) in [7, 11) is 0. The van der Waals surface area contributed by atoms with Crippen molar-refractivity contribution >= 4 is 75.1 Å². The molecule has 218 valence electrons. The van der Waals surface area contributed by atoms with Crippen LogP contribution in [-0.2, 0) is 0 Å². The lowest BCUT2D eigenvalue weighted by molar-refractivity contribution is 0.893. The monoisotopic (exact) mass is 618 g/mol. The minimum atomic E-state index is 0.515. The normalized spacial score (nSPS) is 11.8. The van der Waals surface area contributed by atoms with E-state index in [-0.39, 0.29) is 0 Å².